The van der Waals surface area contributed by atoms with Crippen molar-refractivity contribution in [1.29, 1.82) is 0 Å². The molecule has 0 saturated carbocycles. The first-order chi connectivity index (χ1) is 8.06. The maximum Gasteiger partial charge on any atom is 0.126 e. The van der Waals surface area contributed by atoms with Gasteiger partial charge in [0.25, 0.3) is 0 Å². The summed E-state index contributed by atoms with van der Waals surface area (Å²) >= 11 is 0. The zero-order valence-corrected chi connectivity index (χ0v) is 10.8. The molecule has 1 nitrogen and oxygen atoms in total. The van der Waals surface area contributed by atoms with Crippen LogP contribution in [-0.4, -0.2) is 6.04 Å². The normalized spacial score (nSPS) is 13.1. The number of halogens is 2. The second-order valence-electron chi connectivity index (χ2n) is 4.52. The van der Waals surface area contributed by atoms with Crippen LogP contribution in [0.4, 0.5) is 8.78 Å². The molecule has 0 fully saturated rings. The second-order valence-corrected chi connectivity index (χ2v) is 4.52. The fourth-order valence-electron chi connectivity index (χ4n) is 2.15. The van der Waals surface area contributed by atoms with Crippen molar-refractivity contribution in [2.45, 2.75) is 46.2 Å². The lowest BCUT2D eigenvalue weighted by Gasteiger charge is -2.22. The molecule has 0 aromatic heterocycles. The Bertz CT molecular complexity index is 328. The zero-order valence-electron chi connectivity index (χ0n) is 10.8. The lowest BCUT2D eigenvalue weighted by atomic mass is 9.95. The summed E-state index contributed by atoms with van der Waals surface area (Å²) in [6.45, 7) is 6.95. The van der Waals surface area contributed by atoms with Gasteiger partial charge < -0.3 is 5.32 Å². The average molecular weight is 241 g/mol. The van der Waals surface area contributed by atoms with Gasteiger partial charge in [0.15, 0.2) is 0 Å². The molecular weight excluding hydrogens is 220 g/mol. The highest BCUT2D eigenvalue weighted by Gasteiger charge is 2.12. The summed E-state index contributed by atoms with van der Waals surface area (Å²) in [7, 11) is 0. The molecule has 0 aliphatic heterocycles. The minimum Gasteiger partial charge on any atom is -0.310 e. The molecule has 1 aromatic carbocycles. The topological polar surface area (TPSA) is 12.0 Å². The Morgan fingerprint density at radius 2 is 1.59 bits per heavy atom. The van der Waals surface area contributed by atoms with Crippen molar-refractivity contribution in [3.63, 3.8) is 0 Å². The van der Waals surface area contributed by atoms with E-state index < -0.39 is 11.6 Å². The van der Waals surface area contributed by atoms with E-state index >= 15 is 0 Å². The van der Waals surface area contributed by atoms with E-state index in [0.29, 0.717) is 24.1 Å². The van der Waals surface area contributed by atoms with Gasteiger partial charge in [0.05, 0.1) is 0 Å². The number of benzene rings is 1. The number of hydrogen-bond donors (Lipinski definition) is 1. The fourth-order valence-corrected chi connectivity index (χ4v) is 2.15. The molecule has 0 spiro atoms. The molecule has 1 N–H and O–H groups in total. The van der Waals surface area contributed by atoms with Gasteiger partial charge in [0.1, 0.15) is 11.6 Å². The number of rotatable bonds is 6. The first-order valence-electron chi connectivity index (χ1n) is 6.25. The van der Waals surface area contributed by atoms with Gasteiger partial charge in [-0.3, -0.25) is 0 Å². The summed E-state index contributed by atoms with van der Waals surface area (Å²) in [5.41, 5.74) is 0.653. The Hall–Kier alpha value is -0.960. The third-order valence-electron chi connectivity index (χ3n) is 3.31. The number of nitrogens with one attached hydrogen (secondary N) is 1. The fraction of sp³-hybridized carbons (Fsp3) is 0.571. The van der Waals surface area contributed by atoms with Crippen molar-refractivity contribution < 1.29 is 8.78 Å². The third-order valence-corrected chi connectivity index (χ3v) is 3.31. The molecule has 0 amide bonds. The van der Waals surface area contributed by atoms with Crippen molar-refractivity contribution >= 4 is 0 Å². The highest BCUT2D eigenvalue weighted by Crippen LogP contribution is 2.14. The van der Waals surface area contributed by atoms with Gasteiger partial charge in [-0.2, -0.15) is 0 Å². The predicted molar refractivity (Wildman–Crippen MR) is 66.7 cm³/mol. The van der Waals surface area contributed by atoms with Gasteiger partial charge in [0, 0.05) is 18.7 Å². The van der Waals surface area contributed by atoms with E-state index in [1.165, 1.54) is 12.1 Å². The largest absolute Gasteiger partial charge is 0.310 e. The highest BCUT2D eigenvalue weighted by molar-refractivity contribution is 5.17. The Kier molecular flexibility index (Phi) is 5.56. The molecule has 1 unspecified atom stereocenters. The molecule has 0 bridgehead atoms. The van der Waals surface area contributed by atoms with Crippen molar-refractivity contribution in [2.75, 3.05) is 0 Å². The monoisotopic (exact) mass is 241 g/mol. The minimum absolute atomic E-state index is 0.358. The van der Waals surface area contributed by atoms with Gasteiger partial charge in [-0.25, -0.2) is 8.78 Å². The molecule has 3 heteroatoms. The van der Waals surface area contributed by atoms with Crippen LogP contribution in [-0.2, 0) is 6.54 Å². The summed E-state index contributed by atoms with van der Waals surface area (Å²) in [6, 6.07) is 4.00. The third kappa shape index (κ3) is 4.43. The molecular formula is C14H21F2N. The molecule has 0 saturated heterocycles. The van der Waals surface area contributed by atoms with Gasteiger partial charge in [-0.15, -0.1) is 0 Å². The van der Waals surface area contributed by atoms with Crippen LogP contribution >= 0.6 is 0 Å². The van der Waals surface area contributed by atoms with Crippen LogP contribution < -0.4 is 5.32 Å². The van der Waals surface area contributed by atoms with E-state index in [2.05, 4.69) is 26.1 Å². The molecule has 1 atom stereocenters. The van der Waals surface area contributed by atoms with E-state index in [4.69, 9.17) is 0 Å². The number of hydrogen-bond acceptors (Lipinski definition) is 1. The van der Waals surface area contributed by atoms with Crippen LogP contribution in [0.2, 0.25) is 0 Å². The van der Waals surface area contributed by atoms with Crippen LogP contribution in [0, 0.1) is 17.6 Å². The predicted octanol–water partition coefficient (Wildman–Crippen LogP) is 3.88. The Morgan fingerprint density at radius 1 is 1.06 bits per heavy atom. The summed E-state index contributed by atoms with van der Waals surface area (Å²) in [6.07, 6.45) is 2.23. The minimum atomic E-state index is -0.517. The van der Waals surface area contributed by atoms with Crippen molar-refractivity contribution in [3.05, 3.63) is 35.4 Å². The molecule has 96 valence electrons. The van der Waals surface area contributed by atoms with E-state index in [1.807, 2.05) is 0 Å². The molecule has 0 aliphatic carbocycles. The quantitative estimate of drug-likeness (QED) is 0.797. The lowest BCUT2D eigenvalue weighted by molar-refractivity contribution is 0.352. The summed E-state index contributed by atoms with van der Waals surface area (Å²) in [5.74, 6) is -0.428. The summed E-state index contributed by atoms with van der Waals surface area (Å²) in [5, 5.41) is 3.32. The SMILES string of the molecule is CCC(CC)C(C)NCc1cc(F)cc(F)c1. The van der Waals surface area contributed by atoms with Crippen LogP contribution in [0.3, 0.4) is 0 Å². The van der Waals surface area contributed by atoms with Gasteiger partial charge >= 0.3 is 0 Å². The van der Waals surface area contributed by atoms with Gasteiger partial charge in [-0.05, 0) is 30.5 Å². The van der Waals surface area contributed by atoms with E-state index in [9.17, 15) is 8.78 Å². The van der Waals surface area contributed by atoms with E-state index in [-0.39, 0.29) is 0 Å². The molecule has 1 aromatic rings. The first-order valence-corrected chi connectivity index (χ1v) is 6.25. The maximum atomic E-state index is 13.0. The first kappa shape index (κ1) is 14.1. The Morgan fingerprint density at radius 3 is 2.06 bits per heavy atom. The van der Waals surface area contributed by atoms with Crippen LogP contribution in [0.25, 0.3) is 0 Å². The van der Waals surface area contributed by atoms with Crippen molar-refractivity contribution in [3.8, 4) is 0 Å². The van der Waals surface area contributed by atoms with E-state index in [1.54, 1.807) is 0 Å². The molecule has 0 radical (unpaired) electrons. The summed E-state index contributed by atoms with van der Waals surface area (Å²) in [4.78, 5) is 0. The van der Waals surface area contributed by atoms with Crippen LogP contribution in [0.5, 0.6) is 0 Å². The van der Waals surface area contributed by atoms with Crippen LogP contribution in [0.15, 0.2) is 18.2 Å². The highest BCUT2D eigenvalue weighted by atomic mass is 19.1. The molecule has 1 rings (SSSR count). The standard InChI is InChI=1S/C14H21F2N/c1-4-12(5-2)10(3)17-9-11-6-13(15)8-14(16)7-11/h6-8,10,12,17H,4-5,9H2,1-3H3. The maximum absolute atomic E-state index is 13.0. The Balaban J connectivity index is 2.55. The van der Waals surface area contributed by atoms with Crippen molar-refractivity contribution in [1.82, 2.24) is 5.32 Å². The van der Waals surface area contributed by atoms with Gasteiger partial charge in [-0.1, -0.05) is 26.7 Å². The Labute approximate surface area is 102 Å². The van der Waals surface area contributed by atoms with E-state index in [0.717, 1.165) is 18.9 Å². The zero-order chi connectivity index (χ0) is 12.8. The van der Waals surface area contributed by atoms with Crippen molar-refractivity contribution in [2.24, 2.45) is 5.92 Å². The molecule has 0 heterocycles. The molecule has 17 heavy (non-hydrogen) atoms. The van der Waals surface area contributed by atoms with Gasteiger partial charge in [0.2, 0.25) is 0 Å². The van der Waals surface area contributed by atoms with Crippen LogP contribution in [0.1, 0.15) is 39.2 Å². The summed E-state index contributed by atoms with van der Waals surface area (Å²) < 4.78 is 26.0. The smallest absolute Gasteiger partial charge is 0.126 e. The average Bonchev–Trinajstić information content (AvgIpc) is 2.27. The molecule has 0 aliphatic rings. The second kappa shape index (κ2) is 6.70. The lowest BCUT2D eigenvalue weighted by Crippen LogP contribution is -2.32.